The Labute approximate surface area is 108 Å². The third-order valence-corrected chi connectivity index (χ3v) is 2.95. The van der Waals surface area contributed by atoms with Gasteiger partial charge in [-0.1, -0.05) is 17.7 Å². The van der Waals surface area contributed by atoms with Crippen LogP contribution in [0, 0.1) is 0 Å². The number of anilines is 1. The molecule has 0 unspecified atom stereocenters. The molecule has 0 bridgehead atoms. The van der Waals surface area contributed by atoms with Crippen LogP contribution in [0.3, 0.4) is 0 Å². The SMILES string of the molecule is Clc1ncccc1CNc1cnc2[nH]ncc2c1. The summed E-state index contributed by atoms with van der Waals surface area (Å²) in [6, 6.07) is 5.78. The van der Waals surface area contributed by atoms with Crippen LogP contribution >= 0.6 is 11.6 Å². The van der Waals surface area contributed by atoms with E-state index in [4.69, 9.17) is 11.6 Å². The highest BCUT2D eigenvalue weighted by Gasteiger charge is 2.02. The van der Waals surface area contributed by atoms with E-state index < -0.39 is 0 Å². The van der Waals surface area contributed by atoms with Crippen molar-refractivity contribution in [1.29, 1.82) is 0 Å². The van der Waals surface area contributed by atoms with Gasteiger partial charge in [-0.05, 0) is 12.1 Å². The van der Waals surface area contributed by atoms with Crippen molar-refractivity contribution in [1.82, 2.24) is 20.2 Å². The fourth-order valence-electron chi connectivity index (χ4n) is 1.68. The highest BCUT2D eigenvalue weighted by Crippen LogP contribution is 2.17. The molecule has 0 aliphatic carbocycles. The Balaban J connectivity index is 1.78. The van der Waals surface area contributed by atoms with Crippen LogP contribution in [0.15, 0.2) is 36.8 Å². The Morgan fingerprint density at radius 1 is 1.28 bits per heavy atom. The van der Waals surface area contributed by atoms with Gasteiger partial charge in [0, 0.05) is 23.7 Å². The van der Waals surface area contributed by atoms with Crippen molar-refractivity contribution in [3.63, 3.8) is 0 Å². The molecule has 0 saturated carbocycles. The molecule has 0 amide bonds. The molecular formula is C12H10ClN5. The maximum atomic E-state index is 5.99. The van der Waals surface area contributed by atoms with Crippen LogP contribution in [0.1, 0.15) is 5.56 Å². The van der Waals surface area contributed by atoms with Gasteiger partial charge in [0.15, 0.2) is 5.65 Å². The van der Waals surface area contributed by atoms with Crippen LogP contribution in [-0.4, -0.2) is 20.2 Å². The van der Waals surface area contributed by atoms with Gasteiger partial charge < -0.3 is 5.32 Å². The van der Waals surface area contributed by atoms with Crippen LogP contribution in [0.2, 0.25) is 5.15 Å². The zero-order chi connectivity index (χ0) is 12.4. The molecule has 0 radical (unpaired) electrons. The topological polar surface area (TPSA) is 66.5 Å². The summed E-state index contributed by atoms with van der Waals surface area (Å²) in [6.45, 7) is 0.609. The minimum atomic E-state index is 0.516. The third kappa shape index (κ3) is 2.12. The zero-order valence-electron chi connectivity index (χ0n) is 9.39. The van der Waals surface area contributed by atoms with E-state index in [1.54, 1.807) is 18.6 Å². The second-order valence-corrected chi connectivity index (χ2v) is 4.20. The Kier molecular flexibility index (Phi) is 2.82. The number of hydrogen-bond donors (Lipinski definition) is 2. The van der Waals surface area contributed by atoms with Gasteiger partial charge in [-0.25, -0.2) is 9.97 Å². The standard InChI is InChI=1S/C12H10ClN5/c13-11-8(2-1-3-14-11)5-15-10-4-9-6-17-18-12(9)16-7-10/h1-4,6-7,15H,5H2,(H,16,17,18). The van der Waals surface area contributed by atoms with Crippen molar-refractivity contribution in [2.24, 2.45) is 0 Å². The Morgan fingerprint density at radius 3 is 3.11 bits per heavy atom. The van der Waals surface area contributed by atoms with Crippen molar-refractivity contribution in [3.8, 4) is 0 Å². The van der Waals surface area contributed by atoms with Crippen molar-refractivity contribution in [2.45, 2.75) is 6.54 Å². The highest BCUT2D eigenvalue weighted by atomic mass is 35.5. The minimum absolute atomic E-state index is 0.516. The number of aromatic nitrogens is 4. The number of fused-ring (bicyclic) bond motifs is 1. The summed E-state index contributed by atoms with van der Waals surface area (Å²) in [5.41, 5.74) is 2.65. The molecule has 2 N–H and O–H groups in total. The van der Waals surface area contributed by atoms with Crippen LogP contribution in [0.5, 0.6) is 0 Å². The lowest BCUT2D eigenvalue weighted by molar-refractivity contribution is 1.09. The van der Waals surface area contributed by atoms with E-state index >= 15 is 0 Å². The fourth-order valence-corrected chi connectivity index (χ4v) is 1.87. The lowest BCUT2D eigenvalue weighted by atomic mass is 10.2. The molecule has 0 aliphatic rings. The van der Waals surface area contributed by atoms with Gasteiger partial charge in [-0.2, -0.15) is 5.10 Å². The number of pyridine rings is 2. The van der Waals surface area contributed by atoms with Crippen LogP contribution < -0.4 is 5.32 Å². The predicted octanol–water partition coefficient (Wildman–Crippen LogP) is 2.62. The number of hydrogen-bond acceptors (Lipinski definition) is 4. The third-order valence-electron chi connectivity index (χ3n) is 2.61. The molecule has 0 aromatic carbocycles. The number of halogens is 1. The Bertz CT molecular complexity index is 679. The number of H-pyrrole nitrogens is 1. The maximum absolute atomic E-state index is 5.99. The first kappa shape index (κ1) is 11.0. The smallest absolute Gasteiger partial charge is 0.155 e. The zero-order valence-corrected chi connectivity index (χ0v) is 10.1. The van der Waals surface area contributed by atoms with Crippen LogP contribution in [0.25, 0.3) is 11.0 Å². The first-order valence-electron chi connectivity index (χ1n) is 5.45. The van der Waals surface area contributed by atoms with Crippen molar-refractivity contribution in [2.75, 3.05) is 5.32 Å². The lowest BCUT2D eigenvalue weighted by Crippen LogP contribution is -2.01. The summed E-state index contributed by atoms with van der Waals surface area (Å²) in [4.78, 5) is 8.27. The molecule has 0 atom stereocenters. The summed E-state index contributed by atoms with van der Waals surface area (Å²) in [5.74, 6) is 0. The van der Waals surface area contributed by atoms with Crippen LogP contribution in [-0.2, 0) is 6.54 Å². The molecule has 3 aromatic heterocycles. The molecule has 18 heavy (non-hydrogen) atoms. The average molecular weight is 260 g/mol. The summed E-state index contributed by atoms with van der Waals surface area (Å²) < 4.78 is 0. The highest BCUT2D eigenvalue weighted by molar-refractivity contribution is 6.30. The summed E-state index contributed by atoms with van der Waals surface area (Å²) >= 11 is 5.99. The molecule has 3 rings (SSSR count). The van der Waals surface area contributed by atoms with Gasteiger partial charge in [0.05, 0.1) is 18.1 Å². The maximum Gasteiger partial charge on any atom is 0.155 e. The van der Waals surface area contributed by atoms with E-state index in [1.165, 1.54) is 0 Å². The molecule has 0 saturated heterocycles. The monoisotopic (exact) mass is 259 g/mol. The average Bonchev–Trinajstić information content (AvgIpc) is 2.85. The van der Waals surface area contributed by atoms with Crippen LogP contribution in [0.4, 0.5) is 5.69 Å². The predicted molar refractivity (Wildman–Crippen MR) is 70.5 cm³/mol. The van der Waals surface area contributed by atoms with Gasteiger partial charge in [-0.3, -0.25) is 5.10 Å². The number of rotatable bonds is 3. The van der Waals surface area contributed by atoms with E-state index in [1.807, 2.05) is 18.2 Å². The Hall–Kier alpha value is -2.14. The minimum Gasteiger partial charge on any atom is -0.380 e. The molecule has 3 heterocycles. The van der Waals surface area contributed by atoms with Crippen molar-refractivity contribution >= 4 is 28.3 Å². The fraction of sp³-hybridized carbons (Fsp3) is 0.0833. The molecule has 0 spiro atoms. The first-order chi connectivity index (χ1) is 8.83. The summed E-state index contributed by atoms with van der Waals surface area (Å²) in [5, 5.41) is 11.5. The van der Waals surface area contributed by atoms with Gasteiger partial charge in [-0.15, -0.1) is 0 Å². The number of aromatic amines is 1. The quantitative estimate of drug-likeness (QED) is 0.710. The van der Waals surface area contributed by atoms with E-state index in [0.29, 0.717) is 11.7 Å². The summed E-state index contributed by atoms with van der Waals surface area (Å²) in [6.07, 6.45) is 5.17. The molecule has 0 fully saturated rings. The number of nitrogens with one attached hydrogen (secondary N) is 2. The van der Waals surface area contributed by atoms with E-state index in [0.717, 1.165) is 22.3 Å². The number of nitrogens with zero attached hydrogens (tertiary/aromatic N) is 3. The normalized spacial score (nSPS) is 10.7. The van der Waals surface area contributed by atoms with Gasteiger partial charge in [0.2, 0.25) is 0 Å². The van der Waals surface area contributed by atoms with E-state index in [2.05, 4.69) is 25.5 Å². The molecule has 90 valence electrons. The van der Waals surface area contributed by atoms with E-state index in [-0.39, 0.29) is 0 Å². The van der Waals surface area contributed by atoms with Gasteiger partial charge >= 0.3 is 0 Å². The first-order valence-corrected chi connectivity index (χ1v) is 5.83. The van der Waals surface area contributed by atoms with Crippen molar-refractivity contribution < 1.29 is 0 Å². The van der Waals surface area contributed by atoms with Gasteiger partial charge in [0.1, 0.15) is 5.15 Å². The molecule has 5 nitrogen and oxygen atoms in total. The molecule has 3 aromatic rings. The molecular weight excluding hydrogens is 250 g/mol. The second-order valence-electron chi connectivity index (χ2n) is 3.84. The summed E-state index contributed by atoms with van der Waals surface area (Å²) in [7, 11) is 0. The van der Waals surface area contributed by atoms with Gasteiger partial charge in [0.25, 0.3) is 0 Å². The molecule has 0 aliphatic heterocycles. The second kappa shape index (κ2) is 4.62. The van der Waals surface area contributed by atoms with E-state index in [9.17, 15) is 0 Å². The Morgan fingerprint density at radius 2 is 2.22 bits per heavy atom. The lowest BCUT2D eigenvalue weighted by Gasteiger charge is -2.06. The molecule has 6 heteroatoms. The van der Waals surface area contributed by atoms with Crippen molar-refractivity contribution in [3.05, 3.63) is 47.5 Å². The largest absolute Gasteiger partial charge is 0.380 e.